The van der Waals surface area contributed by atoms with Gasteiger partial charge in [-0.3, -0.25) is 0 Å². The SMILES string of the molecule is [O]CC1CCCCCN1. The molecular formula is C7H14NO. The van der Waals surface area contributed by atoms with Gasteiger partial charge in [-0.25, -0.2) is 5.11 Å². The minimum absolute atomic E-state index is 0.0556. The normalized spacial score (nSPS) is 29.7. The number of nitrogens with one attached hydrogen (secondary N) is 1. The zero-order valence-electron chi connectivity index (χ0n) is 5.73. The topological polar surface area (TPSA) is 31.9 Å². The zero-order valence-corrected chi connectivity index (χ0v) is 5.73. The van der Waals surface area contributed by atoms with Gasteiger partial charge in [-0.15, -0.1) is 0 Å². The Labute approximate surface area is 56.3 Å². The summed E-state index contributed by atoms with van der Waals surface area (Å²) in [5, 5.41) is 13.6. The molecule has 53 valence electrons. The molecule has 9 heavy (non-hydrogen) atoms. The van der Waals surface area contributed by atoms with Gasteiger partial charge in [-0.05, 0) is 19.4 Å². The lowest BCUT2D eigenvalue weighted by Crippen LogP contribution is -2.30. The smallest absolute Gasteiger partial charge is 0.0975 e. The van der Waals surface area contributed by atoms with Crippen molar-refractivity contribution in [1.29, 1.82) is 0 Å². The molecule has 1 heterocycles. The largest absolute Gasteiger partial charge is 0.312 e. The fraction of sp³-hybridized carbons (Fsp3) is 1.00. The summed E-state index contributed by atoms with van der Waals surface area (Å²) in [5.74, 6) is 0. The minimum Gasteiger partial charge on any atom is -0.312 e. The molecule has 0 aromatic carbocycles. The molecule has 1 atom stereocenters. The molecule has 0 aromatic rings. The number of hydrogen-bond acceptors (Lipinski definition) is 1. The summed E-state index contributed by atoms with van der Waals surface area (Å²) in [5.41, 5.74) is 0. The summed E-state index contributed by atoms with van der Waals surface area (Å²) >= 11 is 0. The first-order chi connectivity index (χ1) is 4.43. The highest BCUT2D eigenvalue weighted by Gasteiger charge is 2.09. The van der Waals surface area contributed by atoms with Gasteiger partial charge in [0, 0.05) is 6.04 Å². The molecule has 2 heteroatoms. The van der Waals surface area contributed by atoms with Gasteiger partial charge in [-0.2, -0.15) is 0 Å². The van der Waals surface area contributed by atoms with Crippen molar-refractivity contribution in [3.05, 3.63) is 0 Å². The summed E-state index contributed by atoms with van der Waals surface area (Å²) in [7, 11) is 0. The average molecular weight is 128 g/mol. The van der Waals surface area contributed by atoms with Crippen LogP contribution in [-0.4, -0.2) is 19.2 Å². The fourth-order valence-electron chi connectivity index (χ4n) is 1.24. The monoisotopic (exact) mass is 128 g/mol. The average Bonchev–Trinajstić information content (AvgIpc) is 2.13. The van der Waals surface area contributed by atoms with Gasteiger partial charge in [0.15, 0.2) is 0 Å². The molecule has 0 spiro atoms. The van der Waals surface area contributed by atoms with E-state index in [0.29, 0.717) is 0 Å². The summed E-state index contributed by atoms with van der Waals surface area (Å²) in [4.78, 5) is 0. The maximum absolute atomic E-state index is 10.4. The lowest BCUT2D eigenvalue weighted by molar-refractivity contribution is 0.156. The van der Waals surface area contributed by atoms with Crippen LogP contribution in [0.3, 0.4) is 0 Å². The second-order valence-corrected chi connectivity index (χ2v) is 2.67. The van der Waals surface area contributed by atoms with Crippen molar-refractivity contribution in [1.82, 2.24) is 5.32 Å². The van der Waals surface area contributed by atoms with E-state index in [4.69, 9.17) is 0 Å². The third-order valence-electron chi connectivity index (χ3n) is 1.86. The highest BCUT2D eigenvalue weighted by atomic mass is 16.3. The fourth-order valence-corrected chi connectivity index (χ4v) is 1.24. The Morgan fingerprint density at radius 2 is 2.22 bits per heavy atom. The molecule has 0 aromatic heterocycles. The second-order valence-electron chi connectivity index (χ2n) is 2.67. The van der Waals surface area contributed by atoms with E-state index in [1.54, 1.807) is 0 Å². The van der Waals surface area contributed by atoms with Crippen molar-refractivity contribution in [2.45, 2.75) is 31.7 Å². The van der Waals surface area contributed by atoms with E-state index in [9.17, 15) is 5.11 Å². The Morgan fingerprint density at radius 1 is 1.33 bits per heavy atom. The maximum Gasteiger partial charge on any atom is 0.0975 e. The standard InChI is InChI=1S/C7H14NO/c9-6-7-4-2-1-3-5-8-7/h7-8H,1-6H2. The molecule has 0 amide bonds. The van der Waals surface area contributed by atoms with Gasteiger partial charge in [0.25, 0.3) is 0 Å². The van der Waals surface area contributed by atoms with Crippen LogP contribution in [0.25, 0.3) is 0 Å². The molecule has 1 aliphatic heterocycles. The van der Waals surface area contributed by atoms with E-state index in [0.717, 1.165) is 13.0 Å². The van der Waals surface area contributed by atoms with Crippen molar-refractivity contribution < 1.29 is 5.11 Å². The van der Waals surface area contributed by atoms with Crippen LogP contribution in [-0.2, 0) is 5.11 Å². The van der Waals surface area contributed by atoms with Crippen LogP contribution in [0.15, 0.2) is 0 Å². The Balaban J connectivity index is 2.18. The van der Waals surface area contributed by atoms with E-state index in [1.807, 2.05) is 0 Å². The first kappa shape index (κ1) is 7.03. The number of rotatable bonds is 1. The Bertz CT molecular complexity index is 67.3. The minimum atomic E-state index is 0.0556. The third-order valence-corrected chi connectivity index (χ3v) is 1.86. The summed E-state index contributed by atoms with van der Waals surface area (Å²) < 4.78 is 0. The highest BCUT2D eigenvalue weighted by Crippen LogP contribution is 2.07. The molecule has 1 N–H and O–H groups in total. The summed E-state index contributed by atoms with van der Waals surface area (Å²) in [6, 6.07) is 0.271. The van der Waals surface area contributed by atoms with Gasteiger partial charge >= 0.3 is 0 Å². The van der Waals surface area contributed by atoms with Crippen molar-refractivity contribution in [2.24, 2.45) is 0 Å². The Morgan fingerprint density at radius 3 is 3.00 bits per heavy atom. The van der Waals surface area contributed by atoms with E-state index in [1.165, 1.54) is 19.3 Å². The van der Waals surface area contributed by atoms with Crippen LogP contribution in [0.2, 0.25) is 0 Å². The lowest BCUT2D eigenvalue weighted by atomic mass is 10.1. The number of hydrogen-bond donors (Lipinski definition) is 1. The van der Waals surface area contributed by atoms with E-state index in [-0.39, 0.29) is 12.6 Å². The predicted molar refractivity (Wildman–Crippen MR) is 35.8 cm³/mol. The summed E-state index contributed by atoms with van der Waals surface area (Å²) in [6.45, 7) is 1.10. The second kappa shape index (κ2) is 3.85. The van der Waals surface area contributed by atoms with Gasteiger partial charge in [0.1, 0.15) is 0 Å². The molecule has 0 saturated carbocycles. The van der Waals surface area contributed by atoms with Gasteiger partial charge in [0.05, 0.1) is 6.61 Å². The van der Waals surface area contributed by atoms with E-state index < -0.39 is 0 Å². The Hall–Kier alpha value is -0.0800. The molecule has 1 aliphatic rings. The summed E-state index contributed by atoms with van der Waals surface area (Å²) in [6.07, 6.45) is 4.86. The van der Waals surface area contributed by atoms with Crippen LogP contribution in [0.1, 0.15) is 25.7 Å². The molecule has 1 radical (unpaired) electrons. The van der Waals surface area contributed by atoms with Crippen LogP contribution < -0.4 is 5.32 Å². The van der Waals surface area contributed by atoms with Crippen molar-refractivity contribution in [2.75, 3.05) is 13.2 Å². The van der Waals surface area contributed by atoms with E-state index in [2.05, 4.69) is 5.32 Å². The quantitative estimate of drug-likeness (QED) is 0.560. The van der Waals surface area contributed by atoms with Crippen molar-refractivity contribution in [3.8, 4) is 0 Å². The third kappa shape index (κ3) is 2.33. The Kier molecular flexibility index (Phi) is 3.01. The van der Waals surface area contributed by atoms with Crippen LogP contribution in [0.4, 0.5) is 0 Å². The molecule has 0 aliphatic carbocycles. The first-order valence-electron chi connectivity index (χ1n) is 3.75. The first-order valence-corrected chi connectivity index (χ1v) is 3.75. The molecule has 0 bridgehead atoms. The highest BCUT2D eigenvalue weighted by molar-refractivity contribution is 4.68. The molecule has 1 rings (SSSR count). The molecule has 1 fully saturated rings. The maximum atomic E-state index is 10.4. The predicted octanol–water partition coefficient (Wildman–Crippen LogP) is 0.949. The molecule has 1 saturated heterocycles. The van der Waals surface area contributed by atoms with E-state index >= 15 is 0 Å². The van der Waals surface area contributed by atoms with Crippen molar-refractivity contribution in [3.63, 3.8) is 0 Å². The molecule has 2 nitrogen and oxygen atoms in total. The van der Waals surface area contributed by atoms with Gasteiger partial charge in [-0.1, -0.05) is 12.8 Å². The van der Waals surface area contributed by atoms with Gasteiger partial charge < -0.3 is 5.32 Å². The molecule has 1 unspecified atom stereocenters. The zero-order chi connectivity index (χ0) is 6.53. The van der Waals surface area contributed by atoms with Crippen molar-refractivity contribution >= 4 is 0 Å². The molecular weight excluding hydrogens is 114 g/mol. The van der Waals surface area contributed by atoms with Crippen LogP contribution >= 0.6 is 0 Å². The lowest BCUT2D eigenvalue weighted by Gasteiger charge is -2.09. The van der Waals surface area contributed by atoms with Crippen LogP contribution in [0, 0.1) is 0 Å². The van der Waals surface area contributed by atoms with Gasteiger partial charge in [0.2, 0.25) is 0 Å². The van der Waals surface area contributed by atoms with Crippen LogP contribution in [0.5, 0.6) is 0 Å².